The first-order chi connectivity index (χ1) is 14.9. The zero-order valence-corrected chi connectivity index (χ0v) is 17.3. The molecule has 4 fully saturated rings. The van der Waals surface area contributed by atoms with Crippen LogP contribution >= 0.6 is 0 Å². The first-order valence-electron chi connectivity index (χ1n) is 10.9. The summed E-state index contributed by atoms with van der Waals surface area (Å²) in [5, 5.41) is 27.9. The largest absolute Gasteiger partial charge is 0.492 e. The summed E-state index contributed by atoms with van der Waals surface area (Å²) in [5.41, 5.74) is 1.40. The Balaban J connectivity index is 1.35. The number of imidazole rings is 1. The van der Waals surface area contributed by atoms with Crippen LogP contribution in [0.3, 0.4) is 0 Å². The fourth-order valence-corrected chi connectivity index (χ4v) is 6.45. The number of aromatic hydroxyl groups is 1. The maximum absolute atomic E-state index is 13.2. The van der Waals surface area contributed by atoms with E-state index >= 15 is 0 Å². The van der Waals surface area contributed by atoms with Gasteiger partial charge >= 0.3 is 0 Å². The molecule has 3 aromatic rings. The number of nitrogens with zero attached hydrogens (tertiary/aromatic N) is 3. The van der Waals surface area contributed by atoms with E-state index < -0.39 is 5.60 Å². The highest BCUT2D eigenvalue weighted by Gasteiger charge is 2.54. The normalized spacial score (nSPS) is 31.3. The van der Waals surface area contributed by atoms with E-state index in [1.54, 1.807) is 17.8 Å². The molecule has 4 aliphatic carbocycles. The Morgan fingerprint density at radius 1 is 1.29 bits per heavy atom. The lowest BCUT2D eigenvalue weighted by molar-refractivity contribution is -0.129. The molecule has 3 heterocycles. The van der Waals surface area contributed by atoms with E-state index in [9.17, 15) is 15.0 Å². The highest BCUT2D eigenvalue weighted by molar-refractivity contribution is 6.11. The second kappa shape index (κ2) is 6.46. The van der Waals surface area contributed by atoms with Gasteiger partial charge in [-0.2, -0.15) is 4.98 Å². The van der Waals surface area contributed by atoms with Crippen molar-refractivity contribution in [3.05, 3.63) is 30.2 Å². The van der Waals surface area contributed by atoms with E-state index in [0.29, 0.717) is 23.3 Å². The molecule has 4 aliphatic rings. The highest BCUT2D eigenvalue weighted by Crippen LogP contribution is 2.56. The van der Waals surface area contributed by atoms with Gasteiger partial charge in [0, 0.05) is 30.9 Å². The Morgan fingerprint density at radius 3 is 2.74 bits per heavy atom. The van der Waals surface area contributed by atoms with Gasteiger partial charge in [-0.25, -0.2) is 4.98 Å². The minimum Gasteiger partial charge on any atom is -0.492 e. The van der Waals surface area contributed by atoms with Gasteiger partial charge in [-0.1, -0.05) is 0 Å². The van der Waals surface area contributed by atoms with Crippen LogP contribution in [0.1, 0.15) is 42.5 Å². The molecule has 0 spiro atoms. The molecule has 9 nitrogen and oxygen atoms in total. The van der Waals surface area contributed by atoms with Gasteiger partial charge in [0.15, 0.2) is 0 Å². The second-order valence-corrected chi connectivity index (χ2v) is 9.64. The third-order valence-corrected chi connectivity index (χ3v) is 7.47. The molecule has 0 aliphatic heterocycles. The predicted octanol–water partition coefficient (Wildman–Crippen LogP) is 2.61. The molecule has 5 atom stereocenters. The van der Waals surface area contributed by atoms with Crippen LogP contribution in [0, 0.1) is 17.8 Å². The molecule has 0 radical (unpaired) electrons. The summed E-state index contributed by atoms with van der Waals surface area (Å²) >= 11 is 0. The van der Waals surface area contributed by atoms with Gasteiger partial charge in [-0.3, -0.25) is 10.1 Å². The van der Waals surface area contributed by atoms with Crippen LogP contribution in [0.4, 0.5) is 11.6 Å². The minimum atomic E-state index is -0.503. The number of aromatic amines is 1. The SMILES string of the molecule is Cn1cc(O)nc1NC(=O)c1cnc2[nH]ccc2c1NC1[C@@H]2CC3C[C@H]1CC(O)(C3)C2. The summed E-state index contributed by atoms with van der Waals surface area (Å²) < 4.78 is 1.56. The van der Waals surface area contributed by atoms with Crippen LogP contribution < -0.4 is 10.6 Å². The van der Waals surface area contributed by atoms with Gasteiger partial charge in [0.1, 0.15) is 5.65 Å². The Hall–Kier alpha value is -3.07. The second-order valence-electron chi connectivity index (χ2n) is 9.64. The number of H-pyrrole nitrogens is 1. The maximum atomic E-state index is 13.2. The first kappa shape index (κ1) is 18.7. The Bertz CT molecular complexity index is 1170. The smallest absolute Gasteiger partial charge is 0.261 e. The molecule has 162 valence electrons. The molecule has 4 bridgehead atoms. The summed E-state index contributed by atoms with van der Waals surface area (Å²) in [7, 11) is 1.70. The van der Waals surface area contributed by atoms with Gasteiger partial charge in [0.2, 0.25) is 11.8 Å². The molecule has 5 N–H and O–H groups in total. The molecular formula is C22H26N6O3. The monoisotopic (exact) mass is 422 g/mol. The molecule has 1 amide bonds. The number of hydrogen-bond donors (Lipinski definition) is 5. The molecule has 3 unspecified atom stereocenters. The lowest BCUT2D eigenvalue weighted by Gasteiger charge is -2.58. The highest BCUT2D eigenvalue weighted by atomic mass is 16.3. The van der Waals surface area contributed by atoms with E-state index in [0.717, 1.165) is 48.8 Å². The van der Waals surface area contributed by atoms with Crippen LogP contribution in [0.15, 0.2) is 24.7 Å². The van der Waals surface area contributed by atoms with Gasteiger partial charge in [-0.05, 0) is 55.9 Å². The fourth-order valence-electron chi connectivity index (χ4n) is 6.45. The number of anilines is 2. The molecule has 7 rings (SSSR count). The van der Waals surface area contributed by atoms with Crippen molar-refractivity contribution in [1.29, 1.82) is 0 Å². The van der Waals surface area contributed by atoms with Crippen molar-refractivity contribution in [2.24, 2.45) is 24.8 Å². The number of hydrogen-bond acceptors (Lipinski definition) is 6. The molecule has 9 heteroatoms. The van der Waals surface area contributed by atoms with Crippen molar-refractivity contribution in [3.8, 4) is 5.88 Å². The van der Waals surface area contributed by atoms with Crippen LogP contribution in [0.25, 0.3) is 11.0 Å². The van der Waals surface area contributed by atoms with Crippen molar-refractivity contribution in [3.63, 3.8) is 0 Å². The molecule has 4 saturated carbocycles. The lowest BCUT2D eigenvalue weighted by Crippen LogP contribution is -2.59. The zero-order chi connectivity index (χ0) is 21.3. The number of pyridine rings is 1. The Morgan fingerprint density at radius 2 is 2.06 bits per heavy atom. The molecule has 31 heavy (non-hydrogen) atoms. The number of aryl methyl sites for hydroxylation is 1. The number of nitrogens with one attached hydrogen (secondary N) is 3. The lowest BCUT2D eigenvalue weighted by atomic mass is 9.52. The summed E-state index contributed by atoms with van der Waals surface area (Å²) in [6.45, 7) is 0. The van der Waals surface area contributed by atoms with Crippen LogP contribution in [0.5, 0.6) is 5.88 Å². The van der Waals surface area contributed by atoms with Crippen molar-refractivity contribution in [1.82, 2.24) is 19.5 Å². The summed E-state index contributed by atoms with van der Waals surface area (Å²) in [6, 6.07) is 2.15. The maximum Gasteiger partial charge on any atom is 0.261 e. The standard InChI is InChI=1S/C22H26N6O3/c1-28-10-16(29)25-21(28)27-20(30)15-9-24-19-14(2-3-23-19)18(15)26-17-12-4-11-5-13(17)8-22(31,6-11)7-12/h2-3,9-13,17,29,31H,4-8H2,1H3,(H2,23,24,26)(H,25,27,30)/t11?,12-,13+,17?,22?. The van der Waals surface area contributed by atoms with E-state index in [-0.39, 0.29) is 23.8 Å². The van der Waals surface area contributed by atoms with E-state index in [1.165, 1.54) is 6.20 Å². The van der Waals surface area contributed by atoms with Crippen LogP contribution in [-0.4, -0.2) is 47.3 Å². The van der Waals surface area contributed by atoms with E-state index in [2.05, 4.69) is 25.6 Å². The van der Waals surface area contributed by atoms with Crippen LogP contribution in [0.2, 0.25) is 0 Å². The first-order valence-corrected chi connectivity index (χ1v) is 10.9. The third kappa shape index (κ3) is 2.98. The van der Waals surface area contributed by atoms with Crippen LogP contribution in [-0.2, 0) is 7.05 Å². The topological polar surface area (TPSA) is 128 Å². The zero-order valence-electron chi connectivity index (χ0n) is 17.3. The van der Waals surface area contributed by atoms with Gasteiger partial charge in [-0.15, -0.1) is 0 Å². The molecular weight excluding hydrogens is 396 g/mol. The van der Waals surface area contributed by atoms with Gasteiger partial charge in [0.25, 0.3) is 5.91 Å². The summed E-state index contributed by atoms with van der Waals surface area (Å²) in [5.74, 6) is 1.20. The fraction of sp³-hybridized carbons (Fsp3) is 0.500. The summed E-state index contributed by atoms with van der Waals surface area (Å²) in [6.07, 6.45) is 9.68. The van der Waals surface area contributed by atoms with Crippen molar-refractivity contribution < 1.29 is 15.0 Å². The quantitative estimate of drug-likeness (QED) is 0.440. The average Bonchev–Trinajstić information content (AvgIpc) is 3.29. The number of aromatic nitrogens is 4. The number of fused-ring (bicyclic) bond motifs is 1. The van der Waals surface area contributed by atoms with Gasteiger partial charge in [0.05, 0.1) is 23.0 Å². The molecule has 3 aromatic heterocycles. The van der Waals surface area contributed by atoms with E-state index in [4.69, 9.17) is 0 Å². The Kier molecular flexibility index (Phi) is 3.89. The Labute approximate surface area is 178 Å². The summed E-state index contributed by atoms with van der Waals surface area (Å²) in [4.78, 5) is 24.7. The van der Waals surface area contributed by atoms with Crippen molar-refractivity contribution >= 4 is 28.6 Å². The number of carbonyl (C=O) groups is 1. The van der Waals surface area contributed by atoms with Gasteiger partial charge < -0.3 is 25.1 Å². The molecule has 0 aromatic carbocycles. The number of aliphatic hydroxyl groups is 1. The third-order valence-electron chi connectivity index (χ3n) is 7.47. The minimum absolute atomic E-state index is 0.151. The average molecular weight is 422 g/mol. The van der Waals surface area contributed by atoms with E-state index in [1.807, 2.05) is 12.3 Å². The van der Waals surface area contributed by atoms with Crippen molar-refractivity contribution in [2.75, 3.05) is 10.6 Å². The number of amides is 1. The van der Waals surface area contributed by atoms with Crippen molar-refractivity contribution in [2.45, 2.75) is 43.7 Å². The molecule has 0 saturated heterocycles. The number of carbonyl (C=O) groups excluding carboxylic acids is 1. The predicted molar refractivity (Wildman–Crippen MR) is 115 cm³/mol. The number of rotatable bonds is 4.